The highest BCUT2D eigenvalue weighted by atomic mass is 16.2. The molecule has 1 heterocycles. The molecule has 0 radical (unpaired) electrons. The van der Waals surface area contributed by atoms with E-state index in [9.17, 15) is 9.59 Å². The molecule has 0 aromatic heterocycles. The molecule has 0 saturated carbocycles. The number of piperidine rings is 1. The maximum absolute atomic E-state index is 12.4. The number of anilines is 1. The SMILES string of the molecule is CCCC(CCC)C(=O)NCCC1CCN(C(=O)Nc2cccc(C)c2)CC1. The van der Waals surface area contributed by atoms with Gasteiger partial charge < -0.3 is 15.5 Å². The number of benzene rings is 1. The molecule has 1 aliphatic heterocycles. The van der Waals surface area contributed by atoms with E-state index in [4.69, 9.17) is 0 Å². The molecule has 0 bridgehead atoms. The van der Waals surface area contributed by atoms with Gasteiger partial charge in [-0.2, -0.15) is 0 Å². The highest BCUT2D eigenvalue weighted by molar-refractivity contribution is 5.89. The minimum absolute atomic E-state index is 0.0145. The Morgan fingerprint density at radius 2 is 1.82 bits per heavy atom. The van der Waals surface area contributed by atoms with E-state index in [1.807, 2.05) is 36.1 Å². The predicted molar refractivity (Wildman–Crippen MR) is 115 cm³/mol. The van der Waals surface area contributed by atoms with Crippen LogP contribution in [0.5, 0.6) is 0 Å². The van der Waals surface area contributed by atoms with Gasteiger partial charge in [0.05, 0.1) is 0 Å². The average Bonchev–Trinajstić information content (AvgIpc) is 2.68. The summed E-state index contributed by atoms with van der Waals surface area (Å²) in [5.41, 5.74) is 1.99. The second kappa shape index (κ2) is 11.7. The van der Waals surface area contributed by atoms with Gasteiger partial charge in [-0.15, -0.1) is 0 Å². The van der Waals surface area contributed by atoms with E-state index in [1.54, 1.807) is 0 Å². The summed E-state index contributed by atoms with van der Waals surface area (Å²) in [6.45, 7) is 8.61. The highest BCUT2D eigenvalue weighted by Crippen LogP contribution is 2.21. The van der Waals surface area contributed by atoms with Gasteiger partial charge in [-0.05, 0) is 62.6 Å². The number of aryl methyl sites for hydroxylation is 1. The second-order valence-electron chi connectivity index (χ2n) is 8.08. The molecule has 5 heteroatoms. The number of urea groups is 1. The summed E-state index contributed by atoms with van der Waals surface area (Å²) in [7, 11) is 0. The summed E-state index contributed by atoms with van der Waals surface area (Å²) < 4.78 is 0. The molecule has 2 rings (SSSR count). The number of hydrogen-bond acceptors (Lipinski definition) is 2. The normalized spacial score (nSPS) is 14.9. The lowest BCUT2D eigenvalue weighted by Gasteiger charge is -2.32. The standard InChI is InChI=1S/C23H37N3O2/c1-4-7-20(8-5-2)22(27)24-14-11-19-12-15-26(16-13-19)23(28)25-21-10-6-9-18(3)17-21/h6,9-10,17,19-20H,4-5,7-8,11-16H2,1-3H3,(H,24,27)(H,25,28). The predicted octanol–water partition coefficient (Wildman–Crippen LogP) is 4.96. The lowest BCUT2D eigenvalue weighted by Crippen LogP contribution is -2.41. The molecule has 0 atom stereocenters. The largest absolute Gasteiger partial charge is 0.356 e. The van der Waals surface area contributed by atoms with Crippen LogP contribution < -0.4 is 10.6 Å². The first-order valence-electron chi connectivity index (χ1n) is 10.9. The fourth-order valence-electron chi connectivity index (χ4n) is 4.00. The molecule has 0 spiro atoms. The molecule has 0 aliphatic carbocycles. The summed E-state index contributed by atoms with van der Waals surface area (Å²) in [6.07, 6.45) is 7.09. The minimum atomic E-state index is -0.0145. The summed E-state index contributed by atoms with van der Waals surface area (Å²) in [5, 5.41) is 6.13. The topological polar surface area (TPSA) is 61.4 Å². The summed E-state index contributed by atoms with van der Waals surface area (Å²) in [4.78, 5) is 26.7. The average molecular weight is 388 g/mol. The van der Waals surface area contributed by atoms with E-state index < -0.39 is 0 Å². The van der Waals surface area contributed by atoms with E-state index >= 15 is 0 Å². The monoisotopic (exact) mass is 387 g/mol. The van der Waals surface area contributed by atoms with Crippen LogP contribution in [0.2, 0.25) is 0 Å². The Morgan fingerprint density at radius 1 is 1.14 bits per heavy atom. The molecule has 1 aromatic rings. The molecular formula is C23H37N3O2. The van der Waals surface area contributed by atoms with Crippen LogP contribution in [0.15, 0.2) is 24.3 Å². The van der Waals surface area contributed by atoms with Crippen molar-refractivity contribution < 1.29 is 9.59 Å². The molecule has 1 saturated heterocycles. The Balaban J connectivity index is 1.67. The number of amides is 3. The van der Waals surface area contributed by atoms with Crippen molar-refractivity contribution in [1.82, 2.24) is 10.2 Å². The molecule has 3 amide bonds. The highest BCUT2D eigenvalue weighted by Gasteiger charge is 2.23. The number of nitrogens with one attached hydrogen (secondary N) is 2. The van der Waals surface area contributed by atoms with Crippen LogP contribution in [0.1, 0.15) is 64.4 Å². The molecule has 1 aliphatic rings. The number of nitrogens with zero attached hydrogens (tertiary/aromatic N) is 1. The Bertz CT molecular complexity index is 618. The maximum Gasteiger partial charge on any atom is 0.321 e. The first-order chi connectivity index (χ1) is 13.5. The van der Waals surface area contributed by atoms with Crippen LogP contribution in [0, 0.1) is 18.8 Å². The van der Waals surface area contributed by atoms with Crippen LogP contribution >= 0.6 is 0 Å². The van der Waals surface area contributed by atoms with Crippen molar-refractivity contribution in [2.45, 2.75) is 65.7 Å². The van der Waals surface area contributed by atoms with Crippen LogP contribution in [0.25, 0.3) is 0 Å². The van der Waals surface area contributed by atoms with Crippen molar-refractivity contribution in [2.24, 2.45) is 11.8 Å². The van der Waals surface area contributed by atoms with Crippen LogP contribution in [-0.4, -0.2) is 36.5 Å². The Morgan fingerprint density at radius 3 is 2.43 bits per heavy atom. The molecule has 28 heavy (non-hydrogen) atoms. The number of rotatable bonds is 9. The summed E-state index contributed by atoms with van der Waals surface area (Å²) in [6, 6.07) is 7.87. The van der Waals surface area contributed by atoms with Crippen molar-refractivity contribution in [3.05, 3.63) is 29.8 Å². The third-order valence-corrected chi connectivity index (χ3v) is 5.67. The summed E-state index contributed by atoms with van der Waals surface area (Å²) >= 11 is 0. The van der Waals surface area contributed by atoms with Gasteiger partial charge in [0.25, 0.3) is 0 Å². The fraction of sp³-hybridized carbons (Fsp3) is 0.652. The third kappa shape index (κ3) is 7.17. The summed E-state index contributed by atoms with van der Waals surface area (Å²) in [5.74, 6) is 0.972. The van der Waals surface area contributed by atoms with E-state index in [0.29, 0.717) is 5.92 Å². The maximum atomic E-state index is 12.4. The van der Waals surface area contributed by atoms with Crippen molar-refractivity contribution in [3.8, 4) is 0 Å². The molecule has 1 fully saturated rings. The van der Waals surface area contributed by atoms with E-state index in [2.05, 4.69) is 24.5 Å². The van der Waals surface area contributed by atoms with Gasteiger partial charge >= 0.3 is 6.03 Å². The number of carbonyl (C=O) groups excluding carboxylic acids is 2. The number of hydrogen-bond donors (Lipinski definition) is 2. The number of carbonyl (C=O) groups is 2. The van der Waals surface area contributed by atoms with E-state index in [-0.39, 0.29) is 17.9 Å². The molecular weight excluding hydrogens is 350 g/mol. The third-order valence-electron chi connectivity index (χ3n) is 5.67. The first-order valence-corrected chi connectivity index (χ1v) is 10.9. The lowest BCUT2D eigenvalue weighted by atomic mass is 9.93. The van der Waals surface area contributed by atoms with Crippen molar-refractivity contribution >= 4 is 17.6 Å². The molecule has 156 valence electrons. The van der Waals surface area contributed by atoms with Gasteiger partial charge in [-0.25, -0.2) is 4.79 Å². The van der Waals surface area contributed by atoms with Crippen LogP contribution in [0.4, 0.5) is 10.5 Å². The fourth-order valence-corrected chi connectivity index (χ4v) is 4.00. The number of likely N-dealkylation sites (tertiary alicyclic amines) is 1. The van der Waals surface area contributed by atoms with Gasteiger partial charge in [-0.3, -0.25) is 4.79 Å². The molecule has 1 aromatic carbocycles. The lowest BCUT2D eigenvalue weighted by molar-refractivity contribution is -0.125. The zero-order chi connectivity index (χ0) is 20.4. The zero-order valence-corrected chi connectivity index (χ0v) is 17.8. The quantitative estimate of drug-likeness (QED) is 0.629. The van der Waals surface area contributed by atoms with Crippen molar-refractivity contribution in [2.75, 3.05) is 25.0 Å². The molecule has 0 unspecified atom stereocenters. The van der Waals surface area contributed by atoms with Gasteiger partial charge in [0.15, 0.2) is 0 Å². The Kier molecular flexibility index (Phi) is 9.32. The van der Waals surface area contributed by atoms with Crippen LogP contribution in [0.3, 0.4) is 0 Å². The molecule has 2 N–H and O–H groups in total. The van der Waals surface area contributed by atoms with E-state index in [0.717, 1.165) is 75.8 Å². The van der Waals surface area contributed by atoms with Gasteiger partial charge in [0.2, 0.25) is 5.91 Å². The Hall–Kier alpha value is -2.04. The molecule has 5 nitrogen and oxygen atoms in total. The second-order valence-corrected chi connectivity index (χ2v) is 8.08. The van der Waals surface area contributed by atoms with Crippen LogP contribution in [-0.2, 0) is 4.79 Å². The van der Waals surface area contributed by atoms with Gasteiger partial charge in [0.1, 0.15) is 0 Å². The minimum Gasteiger partial charge on any atom is -0.356 e. The van der Waals surface area contributed by atoms with Gasteiger partial charge in [0, 0.05) is 31.2 Å². The van der Waals surface area contributed by atoms with Gasteiger partial charge in [-0.1, -0.05) is 38.8 Å². The van der Waals surface area contributed by atoms with Crippen molar-refractivity contribution in [1.29, 1.82) is 0 Å². The smallest absolute Gasteiger partial charge is 0.321 e. The van der Waals surface area contributed by atoms with Crippen molar-refractivity contribution in [3.63, 3.8) is 0 Å². The first kappa shape index (κ1) is 22.3. The zero-order valence-electron chi connectivity index (χ0n) is 17.8. The Labute approximate surface area is 170 Å². The van der Waals surface area contributed by atoms with E-state index in [1.165, 1.54) is 0 Å².